The minimum absolute atomic E-state index is 0.0425. The van der Waals surface area contributed by atoms with Crippen LogP contribution in [0.15, 0.2) is 42.5 Å². The predicted molar refractivity (Wildman–Crippen MR) is 117 cm³/mol. The average molecular weight is 397 g/mol. The number of piperazine rings is 1. The first-order valence-corrected chi connectivity index (χ1v) is 10.3. The van der Waals surface area contributed by atoms with Gasteiger partial charge in [0.2, 0.25) is 0 Å². The van der Waals surface area contributed by atoms with Gasteiger partial charge in [-0.15, -0.1) is 0 Å². The summed E-state index contributed by atoms with van der Waals surface area (Å²) in [5.74, 6) is 2.07. The quantitative estimate of drug-likeness (QED) is 0.732. The van der Waals surface area contributed by atoms with Gasteiger partial charge in [0.05, 0.1) is 12.8 Å². The van der Waals surface area contributed by atoms with Crippen molar-refractivity contribution in [2.75, 3.05) is 38.2 Å². The van der Waals surface area contributed by atoms with Gasteiger partial charge in [0, 0.05) is 26.2 Å². The predicted octanol–water partition coefficient (Wildman–Crippen LogP) is 4.24. The molecule has 3 rings (SSSR count). The number of carbonyl (C=O) groups excluding carboxylic acids is 1. The molecule has 0 N–H and O–H groups in total. The number of ether oxygens (including phenoxy) is 2. The molecule has 1 amide bonds. The second-order valence-corrected chi connectivity index (χ2v) is 7.94. The first kappa shape index (κ1) is 21.0. The van der Waals surface area contributed by atoms with Crippen molar-refractivity contribution in [3.05, 3.63) is 53.6 Å². The maximum Gasteiger partial charge on any atom is 0.263 e. The van der Waals surface area contributed by atoms with Crippen molar-refractivity contribution in [3.8, 4) is 11.5 Å². The molecule has 0 bridgehead atoms. The van der Waals surface area contributed by atoms with Crippen molar-refractivity contribution in [1.29, 1.82) is 0 Å². The number of carbonyl (C=O) groups is 1. The lowest BCUT2D eigenvalue weighted by atomic mass is 10.0. The maximum absolute atomic E-state index is 13.0. The fraction of sp³-hybridized carbons (Fsp3) is 0.458. The van der Waals surface area contributed by atoms with Gasteiger partial charge in [0.25, 0.3) is 5.91 Å². The summed E-state index contributed by atoms with van der Waals surface area (Å²) in [6, 6.07) is 14.2. The highest BCUT2D eigenvalue weighted by Crippen LogP contribution is 2.30. The summed E-state index contributed by atoms with van der Waals surface area (Å²) in [6.07, 6.45) is -0.507. The second kappa shape index (κ2) is 9.21. The summed E-state index contributed by atoms with van der Waals surface area (Å²) in [5, 5.41) is 0. The van der Waals surface area contributed by atoms with Crippen LogP contribution in [-0.2, 0) is 4.79 Å². The Labute approximate surface area is 174 Å². The molecule has 156 valence electrons. The number of para-hydroxylation sites is 2. The fourth-order valence-corrected chi connectivity index (χ4v) is 3.78. The lowest BCUT2D eigenvalue weighted by Crippen LogP contribution is -2.52. The monoisotopic (exact) mass is 396 g/mol. The maximum atomic E-state index is 13.0. The molecule has 0 saturated carbocycles. The van der Waals surface area contributed by atoms with Crippen molar-refractivity contribution in [2.45, 2.75) is 39.7 Å². The van der Waals surface area contributed by atoms with Crippen molar-refractivity contribution < 1.29 is 14.3 Å². The Morgan fingerprint density at radius 3 is 2.31 bits per heavy atom. The lowest BCUT2D eigenvalue weighted by Gasteiger charge is -2.37. The highest BCUT2D eigenvalue weighted by atomic mass is 16.5. The van der Waals surface area contributed by atoms with Crippen LogP contribution in [0.2, 0.25) is 0 Å². The van der Waals surface area contributed by atoms with Crippen molar-refractivity contribution in [1.82, 2.24) is 4.90 Å². The van der Waals surface area contributed by atoms with Crippen LogP contribution >= 0.6 is 0 Å². The van der Waals surface area contributed by atoms with Crippen molar-refractivity contribution >= 4 is 11.6 Å². The number of nitrogens with zero attached hydrogens (tertiary/aromatic N) is 2. The zero-order valence-corrected chi connectivity index (χ0v) is 18.1. The van der Waals surface area contributed by atoms with E-state index in [1.165, 1.54) is 0 Å². The molecule has 0 unspecified atom stereocenters. The topological polar surface area (TPSA) is 42.0 Å². The van der Waals surface area contributed by atoms with Crippen LogP contribution in [0, 0.1) is 6.92 Å². The van der Waals surface area contributed by atoms with E-state index in [2.05, 4.69) is 36.9 Å². The number of amides is 1. The largest absolute Gasteiger partial charge is 0.495 e. The van der Waals surface area contributed by atoms with E-state index >= 15 is 0 Å². The number of hydrogen-bond donors (Lipinski definition) is 0. The third-order valence-corrected chi connectivity index (χ3v) is 5.46. The number of hydrogen-bond acceptors (Lipinski definition) is 4. The minimum atomic E-state index is -0.507. The normalized spacial score (nSPS) is 15.4. The number of rotatable bonds is 6. The van der Waals surface area contributed by atoms with Gasteiger partial charge in [-0.2, -0.15) is 0 Å². The number of methoxy groups -OCH3 is 1. The molecule has 1 heterocycles. The molecular weight excluding hydrogens is 364 g/mol. The molecule has 0 radical (unpaired) electrons. The van der Waals surface area contributed by atoms with Gasteiger partial charge in [-0.3, -0.25) is 4.79 Å². The standard InChI is InChI=1S/C24H32N2O3/c1-17(2)20-11-10-18(3)16-23(20)29-19(4)24(27)26-14-12-25(13-15-26)21-8-6-7-9-22(21)28-5/h6-11,16-17,19H,12-15H2,1-5H3/t19-/m0/s1. The molecule has 1 atom stereocenters. The summed E-state index contributed by atoms with van der Waals surface area (Å²) in [7, 11) is 1.69. The molecule has 1 saturated heterocycles. The molecule has 0 aliphatic carbocycles. The van der Waals surface area contributed by atoms with Crippen molar-refractivity contribution in [3.63, 3.8) is 0 Å². The second-order valence-electron chi connectivity index (χ2n) is 7.94. The molecule has 0 aromatic heterocycles. The van der Waals surface area contributed by atoms with Crippen LogP contribution in [0.1, 0.15) is 37.8 Å². The highest BCUT2D eigenvalue weighted by Gasteiger charge is 2.27. The van der Waals surface area contributed by atoms with Gasteiger partial charge in [0.15, 0.2) is 6.10 Å². The molecule has 1 fully saturated rings. The average Bonchev–Trinajstić information content (AvgIpc) is 2.73. The Bertz CT molecular complexity index is 842. The fourth-order valence-electron chi connectivity index (χ4n) is 3.78. The minimum Gasteiger partial charge on any atom is -0.495 e. The van der Waals surface area contributed by atoms with Crippen LogP contribution in [0.4, 0.5) is 5.69 Å². The Balaban J connectivity index is 1.63. The first-order valence-electron chi connectivity index (χ1n) is 10.3. The van der Waals surface area contributed by atoms with Gasteiger partial charge in [0.1, 0.15) is 11.5 Å². The molecule has 2 aromatic rings. The van der Waals surface area contributed by atoms with E-state index in [-0.39, 0.29) is 5.91 Å². The van der Waals surface area contributed by atoms with Gasteiger partial charge >= 0.3 is 0 Å². The number of benzene rings is 2. The van der Waals surface area contributed by atoms with Gasteiger partial charge in [-0.25, -0.2) is 0 Å². The van der Waals surface area contributed by atoms with E-state index in [0.717, 1.165) is 41.4 Å². The van der Waals surface area contributed by atoms with Crippen LogP contribution in [-0.4, -0.2) is 50.2 Å². The molecule has 5 heteroatoms. The zero-order chi connectivity index (χ0) is 21.0. The summed E-state index contributed by atoms with van der Waals surface area (Å²) in [4.78, 5) is 17.2. The molecule has 1 aliphatic heterocycles. The van der Waals surface area contributed by atoms with Crippen LogP contribution in [0.25, 0.3) is 0 Å². The summed E-state index contributed by atoms with van der Waals surface area (Å²) >= 11 is 0. The Hall–Kier alpha value is -2.69. The molecule has 5 nitrogen and oxygen atoms in total. The van der Waals surface area contributed by atoms with Gasteiger partial charge < -0.3 is 19.3 Å². The van der Waals surface area contributed by atoms with E-state index in [1.807, 2.05) is 43.0 Å². The van der Waals surface area contributed by atoms with Gasteiger partial charge in [-0.05, 0) is 49.1 Å². The van der Waals surface area contributed by atoms with Crippen LogP contribution in [0.5, 0.6) is 11.5 Å². The van der Waals surface area contributed by atoms with E-state index in [1.54, 1.807) is 7.11 Å². The zero-order valence-electron chi connectivity index (χ0n) is 18.1. The summed E-state index contributed by atoms with van der Waals surface area (Å²) in [6.45, 7) is 11.1. The lowest BCUT2D eigenvalue weighted by molar-refractivity contribution is -0.138. The molecule has 29 heavy (non-hydrogen) atoms. The van der Waals surface area contributed by atoms with Crippen molar-refractivity contribution in [2.24, 2.45) is 0 Å². The smallest absolute Gasteiger partial charge is 0.263 e. The Kier molecular flexibility index (Phi) is 6.68. The summed E-state index contributed by atoms with van der Waals surface area (Å²) < 4.78 is 11.6. The molecule has 1 aliphatic rings. The van der Waals surface area contributed by atoms with Crippen LogP contribution in [0.3, 0.4) is 0 Å². The van der Waals surface area contributed by atoms with E-state index in [0.29, 0.717) is 19.0 Å². The molecular formula is C24H32N2O3. The SMILES string of the molecule is COc1ccccc1N1CCN(C(=O)[C@H](C)Oc2cc(C)ccc2C(C)C)CC1. The van der Waals surface area contributed by atoms with Gasteiger partial charge in [-0.1, -0.05) is 38.1 Å². The van der Waals surface area contributed by atoms with E-state index < -0.39 is 6.10 Å². The Morgan fingerprint density at radius 2 is 1.66 bits per heavy atom. The summed E-state index contributed by atoms with van der Waals surface area (Å²) in [5.41, 5.74) is 3.35. The third kappa shape index (κ3) is 4.84. The molecule has 2 aromatic carbocycles. The number of anilines is 1. The van der Waals surface area contributed by atoms with E-state index in [9.17, 15) is 4.79 Å². The molecule has 0 spiro atoms. The van der Waals surface area contributed by atoms with Crippen LogP contribution < -0.4 is 14.4 Å². The Morgan fingerprint density at radius 1 is 0.966 bits per heavy atom. The first-order chi connectivity index (χ1) is 13.9. The highest BCUT2D eigenvalue weighted by molar-refractivity contribution is 5.81. The third-order valence-electron chi connectivity index (χ3n) is 5.46. The number of aryl methyl sites for hydroxylation is 1. The van der Waals surface area contributed by atoms with E-state index in [4.69, 9.17) is 9.47 Å².